The van der Waals surface area contributed by atoms with Gasteiger partial charge in [0.1, 0.15) is 11.5 Å². The summed E-state index contributed by atoms with van der Waals surface area (Å²) in [4.78, 5) is 20.8. The molecule has 0 radical (unpaired) electrons. The highest BCUT2D eigenvalue weighted by Gasteiger charge is 2.11. The van der Waals surface area contributed by atoms with Gasteiger partial charge in [-0.05, 0) is 37.6 Å². The molecule has 3 aromatic rings. The van der Waals surface area contributed by atoms with Crippen LogP contribution < -0.4 is 10.6 Å². The number of hydrogen-bond donors (Lipinski definition) is 2. The minimum absolute atomic E-state index is 0.176. The molecule has 132 valence electrons. The van der Waals surface area contributed by atoms with Gasteiger partial charge >= 0.3 is 0 Å². The van der Waals surface area contributed by atoms with Crippen molar-refractivity contribution in [3.63, 3.8) is 0 Å². The molecule has 1 aromatic heterocycles. The Bertz CT molecular complexity index is 925. The van der Waals surface area contributed by atoms with Gasteiger partial charge in [-0.15, -0.1) is 0 Å². The van der Waals surface area contributed by atoms with Crippen LogP contribution in [0, 0.1) is 19.7 Å². The Hall–Kier alpha value is -3.28. The van der Waals surface area contributed by atoms with Crippen LogP contribution in [0.15, 0.2) is 54.6 Å². The number of rotatable bonds is 5. The van der Waals surface area contributed by atoms with E-state index in [1.807, 2.05) is 31.2 Å². The monoisotopic (exact) mass is 350 g/mol. The second-order valence-corrected chi connectivity index (χ2v) is 5.99. The van der Waals surface area contributed by atoms with Crippen LogP contribution in [0.4, 0.5) is 16.0 Å². The molecule has 0 saturated carbocycles. The van der Waals surface area contributed by atoms with E-state index in [1.54, 1.807) is 31.2 Å². The summed E-state index contributed by atoms with van der Waals surface area (Å²) in [6, 6.07) is 15.7. The Balaban J connectivity index is 1.73. The molecule has 2 aromatic carbocycles. The van der Waals surface area contributed by atoms with E-state index in [4.69, 9.17) is 0 Å². The Morgan fingerprint density at radius 3 is 2.50 bits per heavy atom. The van der Waals surface area contributed by atoms with E-state index in [0.717, 1.165) is 11.1 Å². The van der Waals surface area contributed by atoms with Crippen molar-refractivity contribution in [2.75, 3.05) is 5.32 Å². The number of anilines is 2. The number of para-hydroxylation sites is 1. The van der Waals surface area contributed by atoms with Gasteiger partial charge in [0, 0.05) is 12.2 Å². The minimum atomic E-state index is -0.414. The van der Waals surface area contributed by atoms with Gasteiger partial charge in [-0.25, -0.2) is 14.4 Å². The fraction of sp³-hybridized carbons (Fsp3) is 0.150. The summed E-state index contributed by atoms with van der Waals surface area (Å²) in [6.45, 7) is 4.17. The van der Waals surface area contributed by atoms with Crippen molar-refractivity contribution in [2.24, 2.45) is 0 Å². The lowest BCUT2D eigenvalue weighted by Crippen LogP contribution is -2.24. The lowest BCUT2D eigenvalue weighted by molar-refractivity contribution is 0.0945. The molecule has 2 N–H and O–H groups in total. The summed E-state index contributed by atoms with van der Waals surface area (Å²) in [6.07, 6.45) is 0. The van der Waals surface area contributed by atoms with E-state index in [0.29, 0.717) is 12.2 Å². The molecule has 26 heavy (non-hydrogen) atoms. The number of carbonyl (C=O) groups is 1. The summed E-state index contributed by atoms with van der Waals surface area (Å²) in [7, 11) is 0. The third kappa shape index (κ3) is 4.42. The molecule has 1 heterocycles. The number of aromatic nitrogens is 2. The number of aryl methyl sites for hydroxylation is 2. The van der Waals surface area contributed by atoms with Gasteiger partial charge in [0.25, 0.3) is 5.91 Å². The zero-order valence-electron chi connectivity index (χ0n) is 14.6. The Kier molecular flexibility index (Phi) is 5.22. The summed E-state index contributed by atoms with van der Waals surface area (Å²) in [5, 5.41) is 5.64. The highest BCUT2D eigenvalue weighted by Crippen LogP contribution is 2.17. The van der Waals surface area contributed by atoms with Crippen LogP contribution in [-0.4, -0.2) is 15.9 Å². The highest BCUT2D eigenvalue weighted by molar-refractivity contribution is 5.92. The molecular formula is C20H19FN4O. The van der Waals surface area contributed by atoms with E-state index in [2.05, 4.69) is 20.6 Å². The molecule has 6 heteroatoms. The topological polar surface area (TPSA) is 66.9 Å². The van der Waals surface area contributed by atoms with Gasteiger partial charge in [0.15, 0.2) is 0 Å². The molecule has 0 saturated heterocycles. The van der Waals surface area contributed by atoms with Crippen molar-refractivity contribution in [3.8, 4) is 0 Å². The largest absolute Gasteiger partial charge is 0.347 e. The second kappa shape index (κ2) is 7.74. The van der Waals surface area contributed by atoms with Crippen LogP contribution in [0.5, 0.6) is 0 Å². The number of hydrogen-bond acceptors (Lipinski definition) is 4. The first kappa shape index (κ1) is 17.5. The van der Waals surface area contributed by atoms with Crippen LogP contribution in [0.2, 0.25) is 0 Å². The summed E-state index contributed by atoms with van der Waals surface area (Å²) in [5.74, 6) is -0.550. The molecule has 3 rings (SSSR count). The third-order valence-corrected chi connectivity index (χ3v) is 3.78. The van der Waals surface area contributed by atoms with Crippen LogP contribution in [0.3, 0.4) is 0 Å². The molecule has 0 fully saturated rings. The van der Waals surface area contributed by atoms with E-state index < -0.39 is 5.82 Å². The number of halogens is 1. The van der Waals surface area contributed by atoms with Crippen molar-refractivity contribution in [1.29, 1.82) is 0 Å². The summed E-state index contributed by atoms with van der Waals surface area (Å²) >= 11 is 0. The molecule has 0 aliphatic rings. The zero-order valence-corrected chi connectivity index (χ0v) is 14.6. The third-order valence-electron chi connectivity index (χ3n) is 3.78. The summed E-state index contributed by atoms with van der Waals surface area (Å²) < 4.78 is 13.8. The predicted molar refractivity (Wildman–Crippen MR) is 98.8 cm³/mol. The first-order valence-electron chi connectivity index (χ1n) is 8.22. The molecule has 0 aliphatic carbocycles. The second-order valence-electron chi connectivity index (χ2n) is 5.99. The Labute approximate surface area is 151 Å². The maximum absolute atomic E-state index is 13.8. The smallest absolute Gasteiger partial charge is 0.270 e. The molecule has 0 spiro atoms. The molecular weight excluding hydrogens is 331 g/mol. The van der Waals surface area contributed by atoms with E-state index in [-0.39, 0.29) is 23.2 Å². The first-order valence-corrected chi connectivity index (χ1v) is 8.22. The summed E-state index contributed by atoms with van der Waals surface area (Å²) in [5.41, 5.74) is 3.25. The van der Waals surface area contributed by atoms with Crippen LogP contribution in [-0.2, 0) is 6.54 Å². The van der Waals surface area contributed by atoms with Crippen LogP contribution >= 0.6 is 0 Å². The first-order chi connectivity index (χ1) is 12.5. The zero-order chi connectivity index (χ0) is 18.5. The lowest BCUT2D eigenvalue weighted by atomic mass is 10.1. The van der Waals surface area contributed by atoms with Gasteiger partial charge in [-0.2, -0.15) is 0 Å². The van der Waals surface area contributed by atoms with Gasteiger partial charge in [-0.1, -0.05) is 42.0 Å². The maximum atomic E-state index is 13.8. The highest BCUT2D eigenvalue weighted by atomic mass is 19.1. The predicted octanol–water partition coefficient (Wildman–Crippen LogP) is 3.91. The van der Waals surface area contributed by atoms with Crippen molar-refractivity contribution >= 4 is 17.5 Å². The van der Waals surface area contributed by atoms with Crippen molar-refractivity contribution in [2.45, 2.75) is 20.4 Å². The van der Waals surface area contributed by atoms with Crippen molar-refractivity contribution < 1.29 is 9.18 Å². The van der Waals surface area contributed by atoms with Crippen molar-refractivity contribution in [3.05, 3.63) is 82.9 Å². The Morgan fingerprint density at radius 2 is 1.77 bits per heavy atom. The average molecular weight is 350 g/mol. The fourth-order valence-electron chi connectivity index (χ4n) is 2.40. The Morgan fingerprint density at radius 1 is 1.04 bits per heavy atom. The van der Waals surface area contributed by atoms with Crippen molar-refractivity contribution in [1.82, 2.24) is 15.3 Å². The van der Waals surface area contributed by atoms with Crippen LogP contribution in [0.25, 0.3) is 0 Å². The average Bonchev–Trinajstić information content (AvgIpc) is 2.62. The standard InChI is InChI=1S/C20H19FN4O/c1-13-7-9-15(10-8-13)12-22-19(26)18-11-14(2)23-20(25-18)24-17-6-4-3-5-16(17)21/h3-11H,12H2,1-2H3,(H,22,26)(H,23,24,25). The number of nitrogens with zero attached hydrogens (tertiary/aromatic N) is 2. The van der Waals surface area contributed by atoms with Gasteiger partial charge in [0.05, 0.1) is 5.69 Å². The SMILES string of the molecule is Cc1ccc(CNC(=O)c2cc(C)nc(Nc3ccccc3F)n2)cc1. The molecule has 0 unspecified atom stereocenters. The molecule has 5 nitrogen and oxygen atoms in total. The molecule has 0 atom stereocenters. The molecule has 0 bridgehead atoms. The quantitative estimate of drug-likeness (QED) is 0.732. The van der Waals surface area contributed by atoms with Gasteiger partial charge in [0.2, 0.25) is 5.95 Å². The number of benzene rings is 2. The molecule has 0 aliphatic heterocycles. The molecule has 1 amide bonds. The number of carbonyl (C=O) groups excluding carboxylic acids is 1. The number of amides is 1. The normalized spacial score (nSPS) is 10.4. The van der Waals surface area contributed by atoms with E-state index >= 15 is 0 Å². The lowest BCUT2D eigenvalue weighted by Gasteiger charge is -2.09. The maximum Gasteiger partial charge on any atom is 0.270 e. The fourth-order valence-corrected chi connectivity index (χ4v) is 2.40. The minimum Gasteiger partial charge on any atom is -0.347 e. The van der Waals surface area contributed by atoms with E-state index in [9.17, 15) is 9.18 Å². The van der Waals surface area contributed by atoms with E-state index in [1.165, 1.54) is 6.07 Å². The number of nitrogens with one attached hydrogen (secondary N) is 2. The van der Waals surface area contributed by atoms with Gasteiger partial charge < -0.3 is 10.6 Å². The van der Waals surface area contributed by atoms with Crippen LogP contribution in [0.1, 0.15) is 27.3 Å². The van der Waals surface area contributed by atoms with Gasteiger partial charge in [-0.3, -0.25) is 4.79 Å².